The summed E-state index contributed by atoms with van der Waals surface area (Å²) >= 11 is 3.03. The van der Waals surface area contributed by atoms with E-state index in [1.807, 2.05) is 24.5 Å². The summed E-state index contributed by atoms with van der Waals surface area (Å²) in [6, 6.07) is 5.92. The van der Waals surface area contributed by atoms with Crippen LogP contribution in [0.1, 0.15) is 22.2 Å². The van der Waals surface area contributed by atoms with Crippen LogP contribution in [0.25, 0.3) is 0 Å². The maximum atomic E-state index is 12.4. The van der Waals surface area contributed by atoms with Gasteiger partial charge in [0.2, 0.25) is 0 Å². The summed E-state index contributed by atoms with van der Waals surface area (Å²) in [4.78, 5) is 23.4. The number of morpholine rings is 1. The zero-order chi connectivity index (χ0) is 16.8. The van der Waals surface area contributed by atoms with Gasteiger partial charge in [0.1, 0.15) is 10.0 Å². The molecule has 1 saturated heterocycles. The van der Waals surface area contributed by atoms with Gasteiger partial charge in [-0.15, -0.1) is 11.3 Å². The molecule has 0 radical (unpaired) electrons. The highest BCUT2D eigenvalue weighted by atomic mass is 32.2. The largest absolute Gasteiger partial charge is 0.379 e. The molecular formula is C16H20N4O2S2. The van der Waals surface area contributed by atoms with Crippen LogP contribution in [0.3, 0.4) is 0 Å². The second kappa shape index (κ2) is 8.57. The van der Waals surface area contributed by atoms with Crippen molar-refractivity contribution in [3.05, 3.63) is 41.2 Å². The standard InChI is InChI=1S/C16H20N4O2S2/c1-23-16-19-13(11-24-16)15(21)18-10-14(12-4-2-3-5-17-12)20-6-8-22-9-7-20/h2-5,11,14H,6-10H2,1H3,(H,18,21). The molecule has 3 rings (SSSR count). The summed E-state index contributed by atoms with van der Waals surface area (Å²) in [5.41, 5.74) is 1.44. The van der Waals surface area contributed by atoms with E-state index in [2.05, 4.69) is 20.2 Å². The number of thiazole rings is 1. The van der Waals surface area contributed by atoms with Gasteiger partial charge >= 0.3 is 0 Å². The van der Waals surface area contributed by atoms with E-state index in [1.165, 1.54) is 11.3 Å². The van der Waals surface area contributed by atoms with E-state index < -0.39 is 0 Å². The van der Waals surface area contributed by atoms with Crippen molar-refractivity contribution in [2.45, 2.75) is 10.4 Å². The average Bonchev–Trinajstić information content (AvgIpc) is 3.13. The third-order valence-electron chi connectivity index (χ3n) is 3.86. The third-order valence-corrected chi connectivity index (χ3v) is 5.73. The molecule has 1 atom stereocenters. The number of amides is 1. The number of thioether (sulfide) groups is 1. The molecule has 1 N–H and O–H groups in total. The van der Waals surface area contributed by atoms with Gasteiger partial charge in [0.15, 0.2) is 0 Å². The van der Waals surface area contributed by atoms with Crippen LogP contribution in [0.2, 0.25) is 0 Å². The average molecular weight is 364 g/mol. The summed E-state index contributed by atoms with van der Waals surface area (Å²) in [5, 5.41) is 4.80. The first kappa shape index (κ1) is 17.3. The van der Waals surface area contributed by atoms with E-state index in [4.69, 9.17) is 4.74 Å². The monoisotopic (exact) mass is 364 g/mol. The first-order valence-corrected chi connectivity index (χ1v) is 9.89. The van der Waals surface area contributed by atoms with E-state index in [0.717, 1.165) is 23.1 Å². The number of aromatic nitrogens is 2. The number of nitrogens with zero attached hydrogens (tertiary/aromatic N) is 3. The normalized spacial score (nSPS) is 16.7. The van der Waals surface area contributed by atoms with Gasteiger partial charge in [-0.3, -0.25) is 14.7 Å². The molecule has 24 heavy (non-hydrogen) atoms. The van der Waals surface area contributed by atoms with Crippen LogP contribution in [0.4, 0.5) is 0 Å². The summed E-state index contributed by atoms with van der Waals surface area (Å²) in [6.07, 6.45) is 3.74. The molecule has 1 fully saturated rings. The Morgan fingerprint density at radius 1 is 1.46 bits per heavy atom. The summed E-state index contributed by atoms with van der Waals surface area (Å²) < 4.78 is 6.33. The maximum absolute atomic E-state index is 12.4. The lowest BCUT2D eigenvalue weighted by molar-refractivity contribution is 0.0153. The minimum atomic E-state index is -0.138. The molecule has 0 aliphatic carbocycles. The lowest BCUT2D eigenvalue weighted by atomic mass is 10.1. The fraction of sp³-hybridized carbons (Fsp3) is 0.438. The van der Waals surface area contributed by atoms with E-state index >= 15 is 0 Å². The van der Waals surface area contributed by atoms with Gasteiger partial charge in [-0.2, -0.15) is 0 Å². The number of carbonyl (C=O) groups excluding carboxylic acids is 1. The highest BCUT2D eigenvalue weighted by molar-refractivity contribution is 8.00. The van der Waals surface area contributed by atoms with Crippen LogP contribution in [0.15, 0.2) is 34.1 Å². The van der Waals surface area contributed by atoms with Gasteiger partial charge in [0.05, 0.1) is 24.9 Å². The van der Waals surface area contributed by atoms with Gasteiger partial charge in [-0.1, -0.05) is 17.8 Å². The molecule has 2 aromatic rings. The Balaban J connectivity index is 1.68. The Morgan fingerprint density at radius 2 is 2.29 bits per heavy atom. The van der Waals surface area contributed by atoms with E-state index in [-0.39, 0.29) is 11.9 Å². The minimum Gasteiger partial charge on any atom is -0.379 e. The fourth-order valence-corrected chi connectivity index (χ4v) is 3.86. The third kappa shape index (κ3) is 4.32. The number of ether oxygens (including phenoxy) is 1. The van der Waals surface area contributed by atoms with Gasteiger partial charge < -0.3 is 10.1 Å². The molecule has 1 unspecified atom stereocenters. The molecule has 0 bridgehead atoms. The SMILES string of the molecule is CSc1nc(C(=O)NCC(c2ccccn2)N2CCOCC2)cs1. The van der Waals surface area contributed by atoms with Gasteiger partial charge in [0, 0.05) is 31.2 Å². The molecule has 128 valence electrons. The van der Waals surface area contributed by atoms with Crippen LogP contribution >= 0.6 is 23.1 Å². The minimum absolute atomic E-state index is 0.0395. The zero-order valence-corrected chi connectivity index (χ0v) is 15.1. The number of nitrogens with one attached hydrogen (secondary N) is 1. The molecule has 6 nitrogen and oxygen atoms in total. The van der Waals surface area contributed by atoms with E-state index in [9.17, 15) is 4.79 Å². The van der Waals surface area contributed by atoms with E-state index in [0.29, 0.717) is 25.5 Å². The first-order valence-electron chi connectivity index (χ1n) is 7.78. The summed E-state index contributed by atoms with van der Waals surface area (Å²) in [7, 11) is 0. The van der Waals surface area contributed by atoms with Gasteiger partial charge in [-0.05, 0) is 18.4 Å². The van der Waals surface area contributed by atoms with Crippen molar-refractivity contribution in [1.29, 1.82) is 0 Å². The molecule has 0 aromatic carbocycles. The lowest BCUT2D eigenvalue weighted by Gasteiger charge is -2.34. The summed E-state index contributed by atoms with van der Waals surface area (Å²) in [5.74, 6) is -0.138. The fourth-order valence-electron chi connectivity index (χ4n) is 2.62. The van der Waals surface area contributed by atoms with Crippen molar-refractivity contribution in [2.75, 3.05) is 39.1 Å². The highest BCUT2D eigenvalue weighted by Gasteiger charge is 2.24. The Morgan fingerprint density at radius 3 is 2.96 bits per heavy atom. The molecule has 0 spiro atoms. The second-order valence-corrected chi connectivity index (χ2v) is 7.24. The van der Waals surface area contributed by atoms with Crippen LogP contribution in [-0.4, -0.2) is 59.9 Å². The Hall–Kier alpha value is -1.48. The Kier molecular flexibility index (Phi) is 6.19. The number of rotatable bonds is 6. The topological polar surface area (TPSA) is 67.4 Å². The Bertz CT molecular complexity index is 659. The van der Waals surface area contributed by atoms with Crippen molar-refractivity contribution in [1.82, 2.24) is 20.2 Å². The molecule has 1 aliphatic heterocycles. The first-order chi connectivity index (χ1) is 11.8. The molecule has 8 heteroatoms. The maximum Gasteiger partial charge on any atom is 0.270 e. The van der Waals surface area contributed by atoms with Gasteiger partial charge in [-0.25, -0.2) is 4.98 Å². The van der Waals surface area contributed by atoms with Crippen molar-refractivity contribution in [2.24, 2.45) is 0 Å². The molecule has 1 aliphatic rings. The Labute approximate surface area is 149 Å². The number of carbonyl (C=O) groups is 1. The van der Waals surface area contributed by atoms with E-state index in [1.54, 1.807) is 23.3 Å². The second-order valence-electron chi connectivity index (χ2n) is 5.33. The van der Waals surface area contributed by atoms with Crippen molar-refractivity contribution < 1.29 is 9.53 Å². The van der Waals surface area contributed by atoms with Crippen molar-refractivity contribution >= 4 is 29.0 Å². The molecule has 3 heterocycles. The molecule has 1 amide bonds. The van der Waals surface area contributed by atoms with Crippen LogP contribution in [0, 0.1) is 0 Å². The smallest absolute Gasteiger partial charge is 0.270 e. The quantitative estimate of drug-likeness (QED) is 0.792. The van der Waals surface area contributed by atoms with Crippen LogP contribution in [-0.2, 0) is 4.74 Å². The zero-order valence-electron chi connectivity index (χ0n) is 13.5. The number of hydrogen-bond acceptors (Lipinski definition) is 7. The van der Waals surface area contributed by atoms with Crippen LogP contribution in [0.5, 0.6) is 0 Å². The summed E-state index contributed by atoms with van der Waals surface area (Å²) in [6.45, 7) is 3.59. The van der Waals surface area contributed by atoms with Gasteiger partial charge in [0.25, 0.3) is 5.91 Å². The predicted molar refractivity (Wildman–Crippen MR) is 95.6 cm³/mol. The molecule has 2 aromatic heterocycles. The number of pyridine rings is 1. The van der Waals surface area contributed by atoms with Crippen molar-refractivity contribution in [3.63, 3.8) is 0 Å². The van der Waals surface area contributed by atoms with Crippen molar-refractivity contribution in [3.8, 4) is 0 Å². The molecular weight excluding hydrogens is 344 g/mol. The number of hydrogen-bond donors (Lipinski definition) is 1. The predicted octanol–water partition coefficient (Wildman–Crippen LogP) is 2.06. The highest BCUT2D eigenvalue weighted by Crippen LogP contribution is 2.21. The van der Waals surface area contributed by atoms with Crippen LogP contribution < -0.4 is 5.32 Å². The lowest BCUT2D eigenvalue weighted by Crippen LogP contribution is -2.44. The molecule has 0 saturated carbocycles.